The van der Waals surface area contributed by atoms with E-state index < -0.39 is 0 Å². The Morgan fingerprint density at radius 3 is 2.82 bits per heavy atom. The van der Waals surface area contributed by atoms with E-state index in [1.54, 1.807) is 0 Å². The molecule has 1 fully saturated rings. The van der Waals surface area contributed by atoms with Gasteiger partial charge in [0.1, 0.15) is 0 Å². The molecule has 0 spiro atoms. The molecule has 17 heavy (non-hydrogen) atoms. The van der Waals surface area contributed by atoms with E-state index in [9.17, 15) is 5.11 Å². The first kappa shape index (κ1) is 12.6. The summed E-state index contributed by atoms with van der Waals surface area (Å²) in [4.78, 5) is 0. The Morgan fingerprint density at radius 1 is 1.35 bits per heavy atom. The van der Waals surface area contributed by atoms with Crippen molar-refractivity contribution in [2.75, 3.05) is 19.7 Å². The second-order valence-corrected chi connectivity index (χ2v) is 5.35. The summed E-state index contributed by atoms with van der Waals surface area (Å²) in [6.07, 6.45) is 3.25. The van der Waals surface area contributed by atoms with Gasteiger partial charge in [-0.25, -0.2) is 0 Å². The van der Waals surface area contributed by atoms with Crippen LogP contribution in [0.15, 0.2) is 18.2 Å². The predicted octanol–water partition coefficient (Wildman–Crippen LogP) is 2.31. The number of aryl methyl sites for hydroxylation is 2. The highest BCUT2D eigenvalue weighted by atomic mass is 16.3. The van der Waals surface area contributed by atoms with Gasteiger partial charge >= 0.3 is 0 Å². The normalized spacial score (nSPS) is 24.9. The van der Waals surface area contributed by atoms with Crippen molar-refractivity contribution in [2.45, 2.75) is 38.5 Å². The third-order valence-corrected chi connectivity index (χ3v) is 4.03. The molecule has 1 unspecified atom stereocenters. The molecule has 1 aromatic rings. The Balaban J connectivity index is 2.40. The van der Waals surface area contributed by atoms with Crippen LogP contribution in [0.25, 0.3) is 0 Å². The lowest BCUT2D eigenvalue weighted by molar-refractivity contribution is 0.207. The zero-order chi connectivity index (χ0) is 12.3. The molecule has 0 radical (unpaired) electrons. The van der Waals surface area contributed by atoms with Crippen molar-refractivity contribution in [3.8, 4) is 0 Å². The molecular formula is C15H23NO. The van der Waals surface area contributed by atoms with E-state index in [4.69, 9.17) is 0 Å². The Kier molecular flexibility index (Phi) is 3.85. The van der Waals surface area contributed by atoms with Gasteiger partial charge in [-0.15, -0.1) is 0 Å². The topological polar surface area (TPSA) is 32.3 Å². The fourth-order valence-electron chi connectivity index (χ4n) is 3.07. The van der Waals surface area contributed by atoms with Crippen LogP contribution in [0.4, 0.5) is 0 Å². The monoisotopic (exact) mass is 233 g/mol. The average molecular weight is 233 g/mol. The summed E-state index contributed by atoms with van der Waals surface area (Å²) in [5.74, 6) is 0. The Hall–Kier alpha value is -0.860. The summed E-state index contributed by atoms with van der Waals surface area (Å²) >= 11 is 0. The van der Waals surface area contributed by atoms with E-state index in [1.165, 1.54) is 29.5 Å². The van der Waals surface area contributed by atoms with Gasteiger partial charge in [-0.1, -0.05) is 23.8 Å². The molecule has 2 rings (SSSR count). The summed E-state index contributed by atoms with van der Waals surface area (Å²) < 4.78 is 0. The number of piperidine rings is 1. The molecule has 2 N–H and O–H groups in total. The van der Waals surface area contributed by atoms with E-state index in [1.807, 2.05) is 0 Å². The maximum absolute atomic E-state index is 9.38. The van der Waals surface area contributed by atoms with Gasteiger partial charge in [0.2, 0.25) is 0 Å². The third kappa shape index (κ3) is 2.53. The van der Waals surface area contributed by atoms with E-state index in [-0.39, 0.29) is 12.0 Å². The number of hydrogen-bond acceptors (Lipinski definition) is 2. The van der Waals surface area contributed by atoms with Gasteiger partial charge in [0.25, 0.3) is 0 Å². The van der Waals surface area contributed by atoms with Gasteiger partial charge in [-0.05, 0) is 50.8 Å². The van der Waals surface area contributed by atoms with Crippen molar-refractivity contribution in [3.63, 3.8) is 0 Å². The van der Waals surface area contributed by atoms with Crippen LogP contribution >= 0.6 is 0 Å². The molecule has 0 amide bonds. The lowest BCUT2D eigenvalue weighted by Gasteiger charge is -2.39. The fourth-order valence-corrected chi connectivity index (χ4v) is 3.07. The minimum atomic E-state index is 0.142. The molecule has 2 heteroatoms. The molecule has 1 heterocycles. The van der Waals surface area contributed by atoms with Crippen LogP contribution < -0.4 is 5.32 Å². The third-order valence-electron chi connectivity index (χ3n) is 4.03. The minimum absolute atomic E-state index is 0.142. The van der Waals surface area contributed by atoms with E-state index in [0.29, 0.717) is 0 Å². The van der Waals surface area contributed by atoms with Crippen molar-refractivity contribution in [2.24, 2.45) is 0 Å². The molecule has 2 nitrogen and oxygen atoms in total. The first-order valence-electron chi connectivity index (χ1n) is 6.57. The van der Waals surface area contributed by atoms with Gasteiger partial charge in [-0.2, -0.15) is 0 Å². The SMILES string of the molecule is Cc1ccc(C)c(C2(CCO)CCCNC2)c1. The van der Waals surface area contributed by atoms with Gasteiger partial charge < -0.3 is 10.4 Å². The van der Waals surface area contributed by atoms with Crippen molar-refractivity contribution >= 4 is 0 Å². The second kappa shape index (κ2) is 5.19. The van der Waals surface area contributed by atoms with Crippen molar-refractivity contribution < 1.29 is 5.11 Å². The van der Waals surface area contributed by atoms with Crippen molar-refractivity contribution in [1.29, 1.82) is 0 Å². The average Bonchev–Trinajstić information content (AvgIpc) is 2.34. The molecule has 1 aromatic carbocycles. The van der Waals surface area contributed by atoms with E-state index in [2.05, 4.69) is 37.4 Å². The molecule has 0 saturated carbocycles. The number of rotatable bonds is 3. The maximum Gasteiger partial charge on any atom is 0.0440 e. The highest BCUT2D eigenvalue weighted by Gasteiger charge is 2.34. The van der Waals surface area contributed by atoms with E-state index in [0.717, 1.165) is 19.5 Å². The molecule has 0 aromatic heterocycles. The quantitative estimate of drug-likeness (QED) is 0.839. The molecule has 1 aliphatic heterocycles. The number of aliphatic hydroxyl groups excluding tert-OH is 1. The van der Waals surface area contributed by atoms with Gasteiger partial charge in [0.15, 0.2) is 0 Å². The molecule has 94 valence electrons. The van der Waals surface area contributed by atoms with Crippen LogP contribution in [0.3, 0.4) is 0 Å². The molecular weight excluding hydrogens is 210 g/mol. The maximum atomic E-state index is 9.38. The van der Waals surface area contributed by atoms with Crippen LogP contribution in [0.5, 0.6) is 0 Å². The van der Waals surface area contributed by atoms with Crippen LogP contribution in [0.1, 0.15) is 36.0 Å². The lowest BCUT2D eigenvalue weighted by atomic mass is 9.70. The number of nitrogens with one attached hydrogen (secondary N) is 1. The standard InChI is InChI=1S/C15H23NO/c1-12-4-5-13(2)14(10-12)15(7-9-17)6-3-8-16-11-15/h4-5,10,16-17H,3,6-9,11H2,1-2H3. The first-order valence-corrected chi connectivity index (χ1v) is 6.57. The zero-order valence-corrected chi connectivity index (χ0v) is 10.9. The van der Waals surface area contributed by atoms with Crippen molar-refractivity contribution in [1.82, 2.24) is 5.32 Å². The molecule has 0 bridgehead atoms. The van der Waals surface area contributed by atoms with Gasteiger partial charge in [-0.3, -0.25) is 0 Å². The van der Waals surface area contributed by atoms with Crippen LogP contribution in [0, 0.1) is 13.8 Å². The smallest absolute Gasteiger partial charge is 0.0440 e. The van der Waals surface area contributed by atoms with Gasteiger partial charge in [0.05, 0.1) is 0 Å². The summed E-state index contributed by atoms with van der Waals surface area (Å²) in [6, 6.07) is 6.68. The molecule has 1 saturated heterocycles. The predicted molar refractivity (Wildman–Crippen MR) is 71.4 cm³/mol. The Bertz CT molecular complexity index is 375. The number of aliphatic hydroxyl groups is 1. The summed E-state index contributed by atoms with van der Waals surface area (Å²) in [6.45, 7) is 6.71. The largest absolute Gasteiger partial charge is 0.396 e. The highest BCUT2D eigenvalue weighted by Crippen LogP contribution is 2.36. The summed E-state index contributed by atoms with van der Waals surface area (Å²) in [5.41, 5.74) is 4.24. The molecule has 1 atom stereocenters. The minimum Gasteiger partial charge on any atom is -0.396 e. The molecule has 0 aliphatic carbocycles. The number of hydrogen-bond donors (Lipinski definition) is 2. The van der Waals surface area contributed by atoms with Gasteiger partial charge in [0, 0.05) is 18.6 Å². The lowest BCUT2D eigenvalue weighted by Crippen LogP contribution is -2.44. The number of benzene rings is 1. The Labute approximate surface area is 104 Å². The van der Waals surface area contributed by atoms with E-state index >= 15 is 0 Å². The zero-order valence-electron chi connectivity index (χ0n) is 10.9. The second-order valence-electron chi connectivity index (χ2n) is 5.35. The van der Waals surface area contributed by atoms with Crippen LogP contribution in [-0.2, 0) is 5.41 Å². The molecule has 1 aliphatic rings. The summed E-state index contributed by atoms with van der Waals surface area (Å²) in [5, 5.41) is 12.9. The van der Waals surface area contributed by atoms with Crippen molar-refractivity contribution in [3.05, 3.63) is 34.9 Å². The first-order chi connectivity index (χ1) is 8.18. The van der Waals surface area contributed by atoms with Crippen LogP contribution in [0.2, 0.25) is 0 Å². The summed E-state index contributed by atoms with van der Waals surface area (Å²) in [7, 11) is 0. The highest BCUT2D eigenvalue weighted by molar-refractivity contribution is 5.37. The fraction of sp³-hybridized carbons (Fsp3) is 0.600. The van der Waals surface area contributed by atoms with Crippen LogP contribution in [-0.4, -0.2) is 24.8 Å². The Morgan fingerprint density at radius 2 is 2.18 bits per heavy atom.